The van der Waals surface area contributed by atoms with Gasteiger partial charge >= 0.3 is 5.97 Å². The number of nitrogens with zero attached hydrogens (tertiary/aromatic N) is 3. The first-order valence-electron chi connectivity index (χ1n) is 13.7. The lowest BCUT2D eigenvalue weighted by atomic mass is 10.0. The van der Waals surface area contributed by atoms with Crippen LogP contribution in [0.3, 0.4) is 0 Å². The highest BCUT2D eigenvalue weighted by molar-refractivity contribution is 6.43. The molecule has 2 aliphatic rings. The van der Waals surface area contributed by atoms with Crippen molar-refractivity contribution in [3.8, 4) is 5.75 Å². The van der Waals surface area contributed by atoms with Crippen LogP contribution in [0.2, 0.25) is 10.0 Å². The Balaban J connectivity index is 1.01. The van der Waals surface area contributed by atoms with Gasteiger partial charge in [-0.1, -0.05) is 53.5 Å². The van der Waals surface area contributed by atoms with Crippen LogP contribution in [-0.2, 0) is 15.9 Å². The van der Waals surface area contributed by atoms with Crippen LogP contribution >= 0.6 is 23.2 Å². The number of benzene rings is 3. The third kappa shape index (κ3) is 7.47. The summed E-state index contributed by atoms with van der Waals surface area (Å²) in [6.07, 6.45) is 3.52. The topological polar surface area (TPSA) is 63.6 Å². The predicted octanol–water partition coefficient (Wildman–Crippen LogP) is 6.78. The van der Waals surface area contributed by atoms with Gasteiger partial charge in [-0.2, -0.15) is 0 Å². The number of aryl methyl sites for hydroxylation is 1. The van der Waals surface area contributed by atoms with Crippen LogP contribution in [0.4, 0.5) is 11.4 Å². The number of carbonyl (C=O) groups excluding carboxylic acids is 1. The van der Waals surface area contributed by atoms with Crippen molar-refractivity contribution >= 4 is 46.4 Å². The molecule has 0 aromatic heterocycles. The monoisotopic (exact) mass is 581 g/mol. The number of aliphatic imine (C=N–C) groups is 1. The van der Waals surface area contributed by atoms with Gasteiger partial charge in [0.15, 0.2) is 5.90 Å². The van der Waals surface area contributed by atoms with E-state index in [1.54, 1.807) is 24.3 Å². The third-order valence-corrected chi connectivity index (χ3v) is 7.93. The molecule has 0 spiro atoms. The Bertz CT molecular complexity index is 1330. The van der Waals surface area contributed by atoms with Gasteiger partial charge in [0.05, 0.1) is 33.6 Å². The summed E-state index contributed by atoms with van der Waals surface area (Å²) < 4.78 is 16.9. The average Bonchev–Trinajstić information content (AvgIpc) is 2.99. The van der Waals surface area contributed by atoms with Crippen molar-refractivity contribution in [1.29, 1.82) is 0 Å². The fourth-order valence-electron chi connectivity index (χ4n) is 4.87. The number of anilines is 1. The van der Waals surface area contributed by atoms with Gasteiger partial charge in [0.1, 0.15) is 5.75 Å². The van der Waals surface area contributed by atoms with E-state index in [4.69, 9.17) is 37.4 Å². The molecule has 40 heavy (non-hydrogen) atoms. The summed E-state index contributed by atoms with van der Waals surface area (Å²) in [4.78, 5) is 21.5. The number of rotatable bonds is 10. The molecule has 3 aromatic rings. The van der Waals surface area contributed by atoms with E-state index in [9.17, 15) is 4.79 Å². The Morgan fingerprint density at radius 2 is 1.70 bits per heavy atom. The van der Waals surface area contributed by atoms with Gasteiger partial charge in [-0.3, -0.25) is 4.90 Å². The molecule has 2 heterocycles. The van der Waals surface area contributed by atoms with Crippen LogP contribution < -0.4 is 9.64 Å². The minimum Gasteiger partial charge on any atom is -0.494 e. The number of hydrogen-bond donors (Lipinski definition) is 0. The highest BCUT2D eigenvalue weighted by atomic mass is 35.5. The number of hydrogen-bond acceptors (Lipinski definition) is 7. The third-order valence-electron chi connectivity index (χ3n) is 7.12. The van der Waals surface area contributed by atoms with E-state index in [1.165, 1.54) is 0 Å². The molecule has 0 bridgehead atoms. The SMILES string of the molecule is O=C(OCOC1=Nc2cc(OCCCCN3CCN(c4cccc(Cl)c4Cl)CC3)ccc2CC1)c1ccccc1. The van der Waals surface area contributed by atoms with Gasteiger partial charge in [-0.15, -0.1) is 0 Å². The highest BCUT2D eigenvalue weighted by Gasteiger charge is 2.20. The number of fused-ring (bicyclic) bond motifs is 1. The number of unbranched alkanes of at least 4 members (excludes halogenated alkanes) is 1. The molecule has 0 radical (unpaired) electrons. The minimum atomic E-state index is -0.419. The predicted molar refractivity (Wildman–Crippen MR) is 160 cm³/mol. The normalized spacial score (nSPS) is 15.2. The Morgan fingerprint density at radius 3 is 2.52 bits per heavy atom. The Kier molecular flexibility index (Phi) is 9.81. The van der Waals surface area contributed by atoms with Crippen LogP contribution in [0.5, 0.6) is 5.75 Å². The van der Waals surface area contributed by atoms with Gasteiger partial charge in [-0.05, 0) is 61.7 Å². The average molecular weight is 583 g/mol. The van der Waals surface area contributed by atoms with Crippen LogP contribution in [0.1, 0.15) is 35.2 Å². The fourth-order valence-corrected chi connectivity index (χ4v) is 5.29. The van der Waals surface area contributed by atoms with E-state index in [0.29, 0.717) is 34.5 Å². The fraction of sp³-hybridized carbons (Fsp3) is 0.355. The molecule has 1 saturated heterocycles. The van der Waals surface area contributed by atoms with Gasteiger partial charge < -0.3 is 19.1 Å². The number of carbonyl (C=O) groups is 1. The molecule has 5 rings (SSSR count). The summed E-state index contributed by atoms with van der Waals surface area (Å²) in [5, 5.41) is 1.23. The van der Waals surface area contributed by atoms with Crippen molar-refractivity contribution in [2.24, 2.45) is 4.99 Å². The molecule has 0 unspecified atom stereocenters. The molecule has 1 fully saturated rings. The van der Waals surface area contributed by atoms with Gasteiger partial charge in [0.2, 0.25) is 6.79 Å². The first kappa shape index (κ1) is 28.3. The van der Waals surface area contributed by atoms with Crippen molar-refractivity contribution in [2.45, 2.75) is 25.7 Å². The van der Waals surface area contributed by atoms with Crippen molar-refractivity contribution in [2.75, 3.05) is 51.0 Å². The molecule has 0 N–H and O–H groups in total. The van der Waals surface area contributed by atoms with Crippen LogP contribution in [0, 0.1) is 0 Å². The number of halogens is 2. The minimum absolute atomic E-state index is 0.165. The molecule has 7 nitrogen and oxygen atoms in total. The zero-order valence-corrected chi connectivity index (χ0v) is 23.9. The van der Waals surface area contributed by atoms with E-state index in [-0.39, 0.29) is 6.79 Å². The number of esters is 1. The lowest BCUT2D eigenvalue weighted by Crippen LogP contribution is -2.46. The maximum atomic E-state index is 12.1. The Labute approximate surface area is 245 Å². The molecular weight excluding hydrogens is 549 g/mol. The van der Waals surface area contributed by atoms with E-state index < -0.39 is 5.97 Å². The maximum Gasteiger partial charge on any atom is 0.340 e. The van der Waals surface area contributed by atoms with Crippen LogP contribution in [0.15, 0.2) is 71.7 Å². The maximum absolute atomic E-state index is 12.1. The molecule has 0 aliphatic carbocycles. The number of piperazine rings is 1. The van der Waals surface area contributed by atoms with Gasteiger partial charge in [-0.25, -0.2) is 9.79 Å². The lowest BCUT2D eigenvalue weighted by molar-refractivity contribution is 0.0106. The second-order valence-electron chi connectivity index (χ2n) is 9.81. The molecule has 0 saturated carbocycles. The van der Waals surface area contributed by atoms with E-state index >= 15 is 0 Å². The smallest absolute Gasteiger partial charge is 0.340 e. The first-order valence-corrected chi connectivity index (χ1v) is 14.4. The van der Waals surface area contributed by atoms with Crippen molar-refractivity contribution in [1.82, 2.24) is 4.90 Å². The van der Waals surface area contributed by atoms with E-state index in [2.05, 4.69) is 20.9 Å². The zero-order chi connectivity index (χ0) is 27.7. The van der Waals surface area contributed by atoms with Crippen molar-refractivity contribution < 1.29 is 19.0 Å². The first-order chi connectivity index (χ1) is 19.6. The van der Waals surface area contributed by atoms with Crippen molar-refractivity contribution in [3.63, 3.8) is 0 Å². The quantitative estimate of drug-likeness (QED) is 0.149. The zero-order valence-electron chi connectivity index (χ0n) is 22.4. The lowest BCUT2D eigenvalue weighted by Gasteiger charge is -2.36. The summed E-state index contributed by atoms with van der Waals surface area (Å²) in [6, 6.07) is 20.7. The Morgan fingerprint density at radius 1 is 0.875 bits per heavy atom. The Hall–Kier alpha value is -3.26. The van der Waals surface area contributed by atoms with Crippen LogP contribution in [0.25, 0.3) is 0 Å². The summed E-state index contributed by atoms with van der Waals surface area (Å²) in [7, 11) is 0. The van der Waals surface area contributed by atoms with E-state index in [0.717, 1.165) is 74.7 Å². The molecule has 210 valence electrons. The summed E-state index contributed by atoms with van der Waals surface area (Å²) in [5.74, 6) is 0.937. The standard InChI is InChI=1S/C31H33Cl2N3O4/c32-26-9-6-10-28(30(26)33)36-18-16-35(17-19-36)15-4-5-20-38-25-13-11-23-12-14-29(34-27(23)21-25)39-22-40-31(37)24-7-2-1-3-8-24/h1-3,6-11,13,21H,4-5,12,14-20,22H2. The van der Waals surface area contributed by atoms with Crippen LogP contribution in [-0.4, -0.2) is 62.9 Å². The molecule has 0 atom stereocenters. The molecule has 0 amide bonds. The number of ether oxygens (including phenoxy) is 3. The van der Waals surface area contributed by atoms with E-state index in [1.807, 2.05) is 36.4 Å². The summed E-state index contributed by atoms with van der Waals surface area (Å²) in [5.41, 5.74) is 3.50. The van der Waals surface area contributed by atoms with Crippen molar-refractivity contribution in [3.05, 3.63) is 87.9 Å². The molecule has 2 aliphatic heterocycles. The second-order valence-corrected chi connectivity index (χ2v) is 10.6. The second kappa shape index (κ2) is 13.9. The van der Waals surface area contributed by atoms with Gasteiger partial charge in [0.25, 0.3) is 0 Å². The molecular formula is C31H33Cl2N3O4. The summed E-state index contributed by atoms with van der Waals surface area (Å²) >= 11 is 12.6. The summed E-state index contributed by atoms with van der Waals surface area (Å²) in [6.45, 7) is 5.41. The molecule has 3 aromatic carbocycles. The highest BCUT2D eigenvalue weighted by Crippen LogP contribution is 2.33. The van der Waals surface area contributed by atoms with Gasteiger partial charge in [0, 0.05) is 38.7 Å². The molecule has 9 heteroatoms. The largest absolute Gasteiger partial charge is 0.494 e.